The van der Waals surface area contributed by atoms with Crippen molar-refractivity contribution >= 4 is 40.7 Å². The van der Waals surface area contributed by atoms with Crippen molar-refractivity contribution in [3.63, 3.8) is 0 Å². The fourth-order valence-electron chi connectivity index (χ4n) is 2.97. The molecule has 0 atom stereocenters. The van der Waals surface area contributed by atoms with Gasteiger partial charge in [-0.1, -0.05) is 29.3 Å². The highest BCUT2D eigenvalue weighted by Gasteiger charge is 2.28. The maximum absolute atomic E-state index is 13.3. The Morgan fingerprint density at radius 2 is 1.81 bits per heavy atom. The number of amides is 2. The standard InChI is InChI=1S/C19H17Cl2FN2O2/c20-14-4-5-17(16(21)11-14)23-18(25)12-6-8-24(9-7-12)19(26)13-2-1-3-15(22)10-13/h1-5,10-12H,6-9H2,(H,23,25). The summed E-state index contributed by atoms with van der Waals surface area (Å²) in [6, 6.07) is 10.5. The van der Waals surface area contributed by atoms with Gasteiger partial charge in [-0.05, 0) is 49.2 Å². The zero-order valence-corrected chi connectivity index (χ0v) is 15.4. The molecule has 0 aliphatic carbocycles. The fourth-order valence-corrected chi connectivity index (χ4v) is 3.43. The molecule has 2 amide bonds. The topological polar surface area (TPSA) is 49.4 Å². The van der Waals surface area contributed by atoms with Gasteiger partial charge in [0.25, 0.3) is 5.91 Å². The van der Waals surface area contributed by atoms with E-state index in [1.54, 1.807) is 29.2 Å². The van der Waals surface area contributed by atoms with Crippen LogP contribution in [0.5, 0.6) is 0 Å². The van der Waals surface area contributed by atoms with Crippen LogP contribution >= 0.6 is 23.2 Å². The lowest BCUT2D eigenvalue weighted by molar-refractivity contribution is -0.121. The number of halogens is 3. The van der Waals surface area contributed by atoms with Crippen LogP contribution in [0.1, 0.15) is 23.2 Å². The predicted octanol–water partition coefficient (Wildman–Crippen LogP) is 4.62. The van der Waals surface area contributed by atoms with E-state index >= 15 is 0 Å². The number of carbonyl (C=O) groups is 2. The van der Waals surface area contributed by atoms with Gasteiger partial charge >= 0.3 is 0 Å². The molecular weight excluding hydrogens is 378 g/mol. The summed E-state index contributed by atoms with van der Waals surface area (Å²) in [6.07, 6.45) is 1.08. The molecule has 0 saturated carbocycles. The van der Waals surface area contributed by atoms with Gasteiger partial charge in [0.05, 0.1) is 10.7 Å². The predicted molar refractivity (Wildman–Crippen MR) is 100 cm³/mol. The number of benzene rings is 2. The van der Waals surface area contributed by atoms with Crippen molar-refractivity contribution < 1.29 is 14.0 Å². The number of nitrogens with zero attached hydrogens (tertiary/aromatic N) is 1. The smallest absolute Gasteiger partial charge is 0.253 e. The summed E-state index contributed by atoms with van der Waals surface area (Å²) in [7, 11) is 0. The van der Waals surface area contributed by atoms with E-state index in [0.717, 1.165) is 0 Å². The largest absolute Gasteiger partial charge is 0.339 e. The SMILES string of the molecule is O=C(Nc1ccc(Cl)cc1Cl)C1CCN(C(=O)c2cccc(F)c2)CC1. The molecule has 1 aliphatic rings. The molecule has 1 fully saturated rings. The summed E-state index contributed by atoms with van der Waals surface area (Å²) in [6.45, 7) is 0.892. The molecule has 0 spiro atoms. The Labute approximate surface area is 160 Å². The Morgan fingerprint density at radius 3 is 2.46 bits per heavy atom. The van der Waals surface area contributed by atoms with Gasteiger partial charge in [0, 0.05) is 29.6 Å². The first-order valence-electron chi connectivity index (χ1n) is 8.25. The molecule has 0 radical (unpaired) electrons. The van der Waals surface area contributed by atoms with E-state index < -0.39 is 5.82 Å². The van der Waals surface area contributed by atoms with Crippen LogP contribution in [0.4, 0.5) is 10.1 Å². The van der Waals surface area contributed by atoms with Crippen LogP contribution < -0.4 is 5.32 Å². The fraction of sp³-hybridized carbons (Fsp3) is 0.263. The third kappa shape index (κ3) is 4.34. The summed E-state index contributed by atoms with van der Waals surface area (Å²) in [5, 5.41) is 3.68. The van der Waals surface area contributed by atoms with Crippen LogP contribution in [0.3, 0.4) is 0 Å². The molecule has 1 N–H and O–H groups in total. The molecule has 0 unspecified atom stereocenters. The van der Waals surface area contributed by atoms with Gasteiger partial charge in [-0.25, -0.2) is 4.39 Å². The van der Waals surface area contributed by atoms with E-state index in [0.29, 0.717) is 47.2 Å². The zero-order valence-electron chi connectivity index (χ0n) is 13.8. The summed E-state index contributed by atoms with van der Waals surface area (Å²) in [5.74, 6) is -1.00. The molecule has 1 saturated heterocycles. The zero-order chi connectivity index (χ0) is 18.7. The molecule has 7 heteroatoms. The first kappa shape index (κ1) is 18.7. The van der Waals surface area contributed by atoms with E-state index in [1.807, 2.05) is 0 Å². The number of carbonyl (C=O) groups excluding carboxylic acids is 2. The Balaban J connectivity index is 1.57. The molecule has 2 aromatic rings. The number of hydrogen-bond acceptors (Lipinski definition) is 2. The molecule has 4 nitrogen and oxygen atoms in total. The third-order valence-corrected chi connectivity index (χ3v) is 4.96. The molecular formula is C19H17Cl2FN2O2. The van der Waals surface area contributed by atoms with Gasteiger partial charge in [0.2, 0.25) is 5.91 Å². The lowest BCUT2D eigenvalue weighted by Gasteiger charge is -2.31. The Morgan fingerprint density at radius 1 is 1.08 bits per heavy atom. The van der Waals surface area contributed by atoms with Crippen molar-refractivity contribution in [3.8, 4) is 0 Å². The van der Waals surface area contributed by atoms with Crippen LogP contribution in [0.15, 0.2) is 42.5 Å². The summed E-state index contributed by atoms with van der Waals surface area (Å²) in [5.41, 5.74) is 0.834. The molecule has 1 aliphatic heterocycles. The summed E-state index contributed by atoms with van der Waals surface area (Å²) in [4.78, 5) is 26.5. The Kier molecular flexibility index (Phi) is 5.79. The Hall–Kier alpha value is -2.11. The van der Waals surface area contributed by atoms with E-state index in [9.17, 15) is 14.0 Å². The molecule has 2 aromatic carbocycles. The van der Waals surface area contributed by atoms with Crippen LogP contribution in [-0.2, 0) is 4.79 Å². The second-order valence-electron chi connectivity index (χ2n) is 6.19. The quantitative estimate of drug-likeness (QED) is 0.825. The van der Waals surface area contributed by atoms with E-state index in [4.69, 9.17) is 23.2 Å². The lowest BCUT2D eigenvalue weighted by Crippen LogP contribution is -2.41. The van der Waals surface area contributed by atoms with Gasteiger partial charge in [0.1, 0.15) is 5.82 Å². The molecule has 0 aromatic heterocycles. The van der Waals surface area contributed by atoms with Crippen molar-refractivity contribution in [2.24, 2.45) is 5.92 Å². The van der Waals surface area contributed by atoms with Gasteiger partial charge in [0.15, 0.2) is 0 Å². The number of nitrogens with one attached hydrogen (secondary N) is 1. The molecule has 0 bridgehead atoms. The highest BCUT2D eigenvalue weighted by molar-refractivity contribution is 6.36. The highest BCUT2D eigenvalue weighted by atomic mass is 35.5. The number of hydrogen-bond donors (Lipinski definition) is 1. The number of likely N-dealkylation sites (tertiary alicyclic amines) is 1. The van der Waals surface area contributed by atoms with Crippen molar-refractivity contribution in [3.05, 3.63) is 63.9 Å². The highest BCUT2D eigenvalue weighted by Crippen LogP contribution is 2.27. The van der Waals surface area contributed by atoms with Gasteiger partial charge in [-0.15, -0.1) is 0 Å². The first-order chi connectivity index (χ1) is 12.4. The molecule has 26 heavy (non-hydrogen) atoms. The van der Waals surface area contributed by atoms with Crippen molar-refractivity contribution in [1.29, 1.82) is 0 Å². The average molecular weight is 395 g/mol. The second kappa shape index (κ2) is 8.06. The van der Waals surface area contributed by atoms with E-state index in [2.05, 4.69) is 5.32 Å². The van der Waals surface area contributed by atoms with Gasteiger partial charge < -0.3 is 10.2 Å². The number of piperidine rings is 1. The minimum absolute atomic E-state index is 0.132. The minimum atomic E-state index is -0.440. The maximum atomic E-state index is 13.3. The lowest BCUT2D eigenvalue weighted by atomic mass is 9.95. The van der Waals surface area contributed by atoms with Crippen LogP contribution in [0.2, 0.25) is 10.0 Å². The van der Waals surface area contributed by atoms with Crippen LogP contribution in [0.25, 0.3) is 0 Å². The molecule has 136 valence electrons. The summed E-state index contributed by atoms with van der Waals surface area (Å²) >= 11 is 11.9. The van der Waals surface area contributed by atoms with E-state index in [-0.39, 0.29) is 17.7 Å². The first-order valence-corrected chi connectivity index (χ1v) is 9.00. The number of anilines is 1. The normalized spacial score (nSPS) is 15.0. The van der Waals surface area contributed by atoms with E-state index in [1.165, 1.54) is 18.2 Å². The summed E-state index contributed by atoms with van der Waals surface area (Å²) < 4.78 is 13.3. The Bertz CT molecular complexity index is 836. The van der Waals surface area contributed by atoms with Crippen molar-refractivity contribution in [2.75, 3.05) is 18.4 Å². The minimum Gasteiger partial charge on any atom is -0.339 e. The monoisotopic (exact) mass is 394 g/mol. The van der Waals surface area contributed by atoms with Crippen LogP contribution in [-0.4, -0.2) is 29.8 Å². The average Bonchev–Trinajstić information content (AvgIpc) is 2.63. The second-order valence-corrected chi connectivity index (χ2v) is 7.03. The maximum Gasteiger partial charge on any atom is 0.253 e. The molecule has 3 rings (SSSR count). The van der Waals surface area contributed by atoms with Gasteiger partial charge in [-0.2, -0.15) is 0 Å². The number of rotatable bonds is 3. The third-order valence-electron chi connectivity index (χ3n) is 4.41. The molecule has 1 heterocycles. The van der Waals surface area contributed by atoms with Crippen molar-refractivity contribution in [1.82, 2.24) is 4.90 Å². The van der Waals surface area contributed by atoms with Crippen LogP contribution in [0, 0.1) is 11.7 Å². The van der Waals surface area contributed by atoms with Crippen molar-refractivity contribution in [2.45, 2.75) is 12.8 Å². The van der Waals surface area contributed by atoms with Gasteiger partial charge in [-0.3, -0.25) is 9.59 Å².